The van der Waals surface area contributed by atoms with Crippen molar-refractivity contribution in [3.63, 3.8) is 0 Å². The topological polar surface area (TPSA) is 55.6 Å². The monoisotopic (exact) mass is 477 g/mol. The van der Waals surface area contributed by atoms with Crippen molar-refractivity contribution in [2.24, 2.45) is 5.41 Å². The zero-order chi connectivity index (χ0) is 22.8. The summed E-state index contributed by atoms with van der Waals surface area (Å²) in [6.45, 7) is 10.5. The summed E-state index contributed by atoms with van der Waals surface area (Å²) < 4.78 is 1.86. The lowest BCUT2D eigenvalue weighted by atomic mass is 9.85. The first-order valence-electron chi connectivity index (χ1n) is 9.93. The summed E-state index contributed by atoms with van der Waals surface area (Å²) >= 11 is 18.5. The van der Waals surface area contributed by atoms with Gasteiger partial charge in [0.2, 0.25) is 0 Å². The second-order valence-corrected chi connectivity index (χ2v) is 10.3. The van der Waals surface area contributed by atoms with Gasteiger partial charge in [0.15, 0.2) is 5.82 Å². The summed E-state index contributed by atoms with van der Waals surface area (Å²) in [5.41, 5.74) is 1.06. The van der Waals surface area contributed by atoms with E-state index in [9.17, 15) is 0 Å². The second-order valence-electron chi connectivity index (χ2n) is 9.04. The number of rotatable bonds is 6. The molecule has 3 aromatic rings. The van der Waals surface area contributed by atoms with E-state index in [1.165, 1.54) is 0 Å². The van der Waals surface area contributed by atoms with Crippen molar-refractivity contribution in [2.75, 3.05) is 5.32 Å². The van der Waals surface area contributed by atoms with Crippen LogP contribution in [0.4, 0.5) is 5.69 Å². The summed E-state index contributed by atoms with van der Waals surface area (Å²) in [6, 6.07) is 12.9. The van der Waals surface area contributed by atoms with Crippen molar-refractivity contribution in [3.05, 3.63) is 75.0 Å². The Labute approximate surface area is 198 Å². The van der Waals surface area contributed by atoms with Gasteiger partial charge < -0.3 is 5.32 Å². The molecule has 3 rings (SSSR count). The lowest BCUT2D eigenvalue weighted by Crippen LogP contribution is -2.35. The molecule has 0 radical (unpaired) electrons. The van der Waals surface area contributed by atoms with Crippen LogP contribution in [0.15, 0.2) is 48.5 Å². The first kappa shape index (κ1) is 23.6. The number of halogens is 3. The van der Waals surface area contributed by atoms with Crippen molar-refractivity contribution in [1.29, 1.82) is 0 Å². The highest BCUT2D eigenvalue weighted by molar-refractivity contribution is 6.35. The molecule has 1 unspecified atom stereocenters. The third kappa shape index (κ3) is 5.79. The largest absolute Gasteiger partial charge is 0.373 e. The van der Waals surface area contributed by atoms with Crippen LogP contribution in [0.5, 0.6) is 0 Å². The van der Waals surface area contributed by atoms with E-state index >= 15 is 0 Å². The Hall–Kier alpha value is -2.08. The van der Waals surface area contributed by atoms with Gasteiger partial charge in [0.05, 0.1) is 11.6 Å². The van der Waals surface area contributed by atoms with Crippen LogP contribution in [0.1, 0.15) is 52.0 Å². The number of hydrogen-bond donors (Lipinski definition) is 1. The molecule has 0 bridgehead atoms. The number of hydrogen-bond acceptors (Lipinski definition) is 4. The van der Waals surface area contributed by atoms with Gasteiger partial charge in [-0.05, 0) is 65.6 Å². The quantitative estimate of drug-likeness (QED) is 0.404. The normalized spacial score (nSPS) is 13.5. The van der Waals surface area contributed by atoms with Crippen molar-refractivity contribution >= 4 is 46.6 Å². The van der Waals surface area contributed by atoms with Crippen molar-refractivity contribution in [3.8, 4) is 0 Å². The van der Waals surface area contributed by atoms with Gasteiger partial charge in [0.25, 0.3) is 0 Å². The molecule has 0 saturated carbocycles. The van der Waals surface area contributed by atoms with Gasteiger partial charge in [0, 0.05) is 20.8 Å². The molecular weight excluding hydrogens is 453 g/mol. The number of tetrazole rings is 1. The predicted molar refractivity (Wildman–Crippen MR) is 130 cm³/mol. The molecule has 1 atom stereocenters. The Morgan fingerprint density at radius 1 is 0.968 bits per heavy atom. The number of anilines is 1. The number of allylic oxidation sites excluding steroid dienone is 1. The molecule has 31 heavy (non-hydrogen) atoms. The summed E-state index contributed by atoms with van der Waals surface area (Å²) in [7, 11) is 0. The van der Waals surface area contributed by atoms with Crippen LogP contribution in [0.2, 0.25) is 15.1 Å². The Morgan fingerprint density at radius 3 is 2.32 bits per heavy atom. The number of benzene rings is 2. The molecule has 1 N–H and O–H groups in total. The molecule has 0 aliphatic rings. The predicted octanol–water partition coefficient (Wildman–Crippen LogP) is 7.28. The van der Waals surface area contributed by atoms with E-state index in [2.05, 4.69) is 47.7 Å². The van der Waals surface area contributed by atoms with Crippen LogP contribution in [0.3, 0.4) is 0 Å². The minimum absolute atomic E-state index is 0.121. The molecule has 0 aliphatic carbocycles. The average Bonchev–Trinajstić information content (AvgIpc) is 3.12. The molecule has 1 heterocycles. The maximum absolute atomic E-state index is 6.36. The van der Waals surface area contributed by atoms with E-state index in [0.29, 0.717) is 20.9 Å². The SMILES string of the molecule is CC(C)(Nc1cccc(Cl)c1)c1nnnn1C(/C=C/c1ccc(Cl)cc1Cl)C(C)(C)C. The summed E-state index contributed by atoms with van der Waals surface area (Å²) in [5, 5.41) is 18.0. The Morgan fingerprint density at radius 2 is 1.68 bits per heavy atom. The molecule has 0 saturated heterocycles. The number of aromatic nitrogens is 4. The van der Waals surface area contributed by atoms with Crippen LogP contribution in [0.25, 0.3) is 6.08 Å². The summed E-state index contributed by atoms with van der Waals surface area (Å²) in [4.78, 5) is 0. The maximum Gasteiger partial charge on any atom is 0.176 e. The van der Waals surface area contributed by atoms with E-state index in [4.69, 9.17) is 34.8 Å². The van der Waals surface area contributed by atoms with Gasteiger partial charge in [0.1, 0.15) is 0 Å². The van der Waals surface area contributed by atoms with Crippen molar-refractivity contribution in [1.82, 2.24) is 20.2 Å². The molecule has 8 heteroatoms. The summed E-state index contributed by atoms with van der Waals surface area (Å²) in [6.07, 6.45) is 4.06. The smallest absolute Gasteiger partial charge is 0.176 e. The van der Waals surface area contributed by atoms with Gasteiger partial charge in [-0.25, -0.2) is 4.68 Å². The molecule has 0 aliphatic heterocycles. The molecule has 1 aromatic heterocycles. The van der Waals surface area contributed by atoms with E-state index in [1.807, 2.05) is 61.0 Å². The molecular formula is C23H26Cl3N5. The van der Waals surface area contributed by atoms with E-state index < -0.39 is 5.54 Å². The van der Waals surface area contributed by atoms with Gasteiger partial charge in [-0.3, -0.25) is 0 Å². The standard InChI is InChI=1S/C23H26Cl3N5/c1-22(2,3)20(12-10-15-9-11-17(25)14-19(15)26)31-21(28-29-30-31)23(4,5)27-18-8-6-7-16(24)13-18/h6-14,20,27H,1-5H3/b12-10+. The fraction of sp³-hybridized carbons (Fsp3) is 0.348. The molecule has 0 fully saturated rings. The molecule has 5 nitrogen and oxygen atoms in total. The Bertz CT molecular complexity index is 1080. The lowest BCUT2D eigenvalue weighted by Gasteiger charge is -2.33. The van der Waals surface area contributed by atoms with Gasteiger partial charge >= 0.3 is 0 Å². The Kier molecular flexibility index (Phi) is 6.99. The van der Waals surface area contributed by atoms with Crippen molar-refractivity contribution in [2.45, 2.75) is 46.2 Å². The van der Waals surface area contributed by atoms with Crippen LogP contribution in [0, 0.1) is 5.41 Å². The molecule has 2 aromatic carbocycles. The van der Waals surface area contributed by atoms with E-state index in [1.54, 1.807) is 6.07 Å². The number of nitrogens with zero attached hydrogens (tertiary/aromatic N) is 4. The minimum atomic E-state index is -0.552. The molecule has 0 amide bonds. The average molecular weight is 479 g/mol. The number of nitrogens with one attached hydrogen (secondary N) is 1. The second kappa shape index (κ2) is 9.19. The van der Waals surface area contributed by atoms with Gasteiger partial charge in [-0.2, -0.15) is 0 Å². The van der Waals surface area contributed by atoms with Crippen molar-refractivity contribution < 1.29 is 0 Å². The fourth-order valence-electron chi connectivity index (χ4n) is 3.34. The zero-order valence-corrected chi connectivity index (χ0v) is 20.5. The van der Waals surface area contributed by atoms with Crippen LogP contribution >= 0.6 is 34.8 Å². The summed E-state index contributed by atoms with van der Waals surface area (Å²) in [5.74, 6) is 0.708. The van der Waals surface area contributed by atoms with Crippen LogP contribution in [-0.2, 0) is 5.54 Å². The minimum Gasteiger partial charge on any atom is -0.373 e. The van der Waals surface area contributed by atoms with Crippen LogP contribution in [-0.4, -0.2) is 20.2 Å². The lowest BCUT2D eigenvalue weighted by molar-refractivity contribution is 0.258. The van der Waals surface area contributed by atoms with E-state index in [0.717, 1.165) is 11.3 Å². The molecule has 0 spiro atoms. The highest BCUT2D eigenvalue weighted by Gasteiger charge is 2.34. The van der Waals surface area contributed by atoms with E-state index in [-0.39, 0.29) is 11.5 Å². The Balaban J connectivity index is 1.97. The highest BCUT2D eigenvalue weighted by Crippen LogP contribution is 2.36. The first-order valence-corrected chi connectivity index (χ1v) is 11.1. The third-order valence-electron chi connectivity index (χ3n) is 4.90. The van der Waals surface area contributed by atoms with Crippen LogP contribution < -0.4 is 5.32 Å². The first-order chi connectivity index (χ1) is 14.5. The fourth-order valence-corrected chi connectivity index (χ4v) is 4.01. The third-order valence-corrected chi connectivity index (χ3v) is 5.70. The van der Waals surface area contributed by atoms with Gasteiger partial charge in [-0.15, -0.1) is 5.10 Å². The maximum atomic E-state index is 6.36. The van der Waals surface area contributed by atoms with Gasteiger partial charge in [-0.1, -0.05) is 79.9 Å². The zero-order valence-electron chi connectivity index (χ0n) is 18.2. The highest BCUT2D eigenvalue weighted by atomic mass is 35.5. The molecule has 164 valence electrons.